The van der Waals surface area contributed by atoms with Gasteiger partial charge < -0.3 is 5.32 Å². The molecule has 1 aliphatic rings. The number of hydrogen-bond acceptors (Lipinski definition) is 4. The average molecular weight is 270 g/mol. The fourth-order valence-electron chi connectivity index (χ4n) is 2.20. The van der Waals surface area contributed by atoms with Crippen molar-refractivity contribution >= 4 is 11.8 Å². The number of hydrogen-bond donors (Lipinski definition) is 3. The van der Waals surface area contributed by atoms with Gasteiger partial charge in [-0.15, -0.1) is 0 Å². The maximum atomic E-state index is 11.7. The van der Waals surface area contributed by atoms with Crippen LogP contribution in [-0.4, -0.2) is 48.4 Å². The summed E-state index contributed by atoms with van der Waals surface area (Å²) < 4.78 is 0. The highest BCUT2D eigenvalue weighted by Crippen LogP contribution is 2.10. The Hall–Kier alpha value is -1.14. The Labute approximate surface area is 115 Å². The molecule has 6 nitrogen and oxygen atoms in total. The molecule has 1 aliphatic heterocycles. The zero-order chi connectivity index (χ0) is 14.3. The minimum atomic E-state index is -0.265. The van der Waals surface area contributed by atoms with Crippen molar-refractivity contribution in [3.8, 4) is 0 Å². The van der Waals surface area contributed by atoms with E-state index in [4.69, 9.17) is 0 Å². The van der Waals surface area contributed by atoms with Gasteiger partial charge in [-0.3, -0.25) is 25.3 Å². The van der Waals surface area contributed by atoms with Crippen molar-refractivity contribution in [1.82, 2.24) is 21.1 Å². The monoisotopic (exact) mass is 270 g/mol. The van der Waals surface area contributed by atoms with Gasteiger partial charge in [0.05, 0.1) is 6.54 Å². The molecule has 6 heteroatoms. The van der Waals surface area contributed by atoms with Crippen molar-refractivity contribution in [3.63, 3.8) is 0 Å². The molecule has 0 aromatic heterocycles. The maximum absolute atomic E-state index is 11.7. The Morgan fingerprint density at radius 1 is 1.32 bits per heavy atom. The summed E-state index contributed by atoms with van der Waals surface area (Å²) >= 11 is 0. The Balaban J connectivity index is 2.38. The number of rotatable bonds is 5. The fraction of sp³-hybridized carbons (Fsp3) is 0.846. The summed E-state index contributed by atoms with van der Waals surface area (Å²) in [5.74, 6) is -0.446. The van der Waals surface area contributed by atoms with Crippen LogP contribution in [0.4, 0.5) is 0 Å². The molecule has 110 valence electrons. The lowest BCUT2D eigenvalue weighted by Crippen LogP contribution is -2.51. The first-order valence-electron chi connectivity index (χ1n) is 7.02. The van der Waals surface area contributed by atoms with E-state index in [1.165, 1.54) is 19.8 Å². The Morgan fingerprint density at radius 3 is 2.58 bits per heavy atom. The zero-order valence-electron chi connectivity index (χ0n) is 12.2. The van der Waals surface area contributed by atoms with Gasteiger partial charge in [0.15, 0.2) is 0 Å². The summed E-state index contributed by atoms with van der Waals surface area (Å²) in [6, 6.07) is 0.761. The van der Waals surface area contributed by atoms with E-state index in [1.807, 2.05) is 0 Å². The number of carbonyl (C=O) groups is 2. The lowest BCUT2D eigenvalue weighted by molar-refractivity contribution is -0.128. The van der Waals surface area contributed by atoms with Crippen molar-refractivity contribution in [2.45, 2.75) is 52.1 Å². The van der Waals surface area contributed by atoms with Crippen LogP contribution in [0, 0.1) is 0 Å². The third kappa shape index (κ3) is 6.54. The first kappa shape index (κ1) is 15.9. The van der Waals surface area contributed by atoms with Gasteiger partial charge in [0.25, 0.3) is 5.91 Å². The molecular weight excluding hydrogens is 244 g/mol. The molecule has 0 spiro atoms. The molecule has 1 rings (SSSR count). The van der Waals surface area contributed by atoms with Gasteiger partial charge in [0, 0.05) is 25.6 Å². The number of nitrogens with zero attached hydrogens (tertiary/aromatic N) is 1. The number of hydrazine groups is 1. The molecule has 3 N–H and O–H groups in total. The van der Waals surface area contributed by atoms with Crippen LogP contribution in [0.3, 0.4) is 0 Å². The molecule has 2 amide bonds. The minimum Gasteiger partial charge on any atom is -0.313 e. The van der Waals surface area contributed by atoms with Crippen molar-refractivity contribution in [2.75, 3.05) is 19.6 Å². The normalized spacial score (nSPS) is 19.5. The van der Waals surface area contributed by atoms with Crippen LogP contribution < -0.4 is 16.2 Å². The van der Waals surface area contributed by atoms with Crippen molar-refractivity contribution in [2.24, 2.45) is 0 Å². The Kier molecular flexibility index (Phi) is 6.80. The molecule has 19 heavy (non-hydrogen) atoms. The molecule has 1 saturated heterocycles. The summed E-state index contributed by atoms with van der Waals surface area (Å²) in [6.45, 7) is 7.76. The van der Waals surface area contributed by atoms with Gasteiger partial charge in [-0.1, -0.05) is 6.42 Å². The first-order chi connectivity index (χ1) is 8.99. The lowest BCUT2D eigenvalue weighted by atomic mass is 10.0. The fourth-order valence-corrected chi connectivity index (χ4v) is 2.20. The van der Waals surface area contributed by atoms with Crippen LogP contribution in [0.1, 0.15) is 40.0 Å². The Bertz CT molecular complexity index is 301. The van der Waals surface area contributed by atoms with E-state index in [0.29, 0.717) is 18.6 Å². The first-order valence-corrected chi connectivity index (χ1v) is 7.02. The predicted octanol–water partition coefficient (Wildman–Crippen LogP) is 0.00620. The number of nitrogens with one attached hydrogen (secondary N) is 3. The van der Waals surface area contributed by atoms with Crippen LogP contribution in [0.2, 0.25) is 0 Å². The Morgan fingerprint density at radius 2 is 2.05 bits per heavy atom. The van der Waals surface area contributed by atoms with Crippen LogP contribution in [-0.2, 0) is 9.59 Å². The number of amides is 2. The molecule has 0 bridgehead atoms. The summed E-state index contributed by atoms with van der Waals surface area (Å²) in [4.78, 5) is 24.6. The molecule has 0 aliphatic carbocycles. The molecule has 0 aromatic rings. The van der Waals surface area contributed by atoms with Gasteiger partial charge in [-0.2, -0.15) is 0 Å². The second-order valence-corrected chi connectivity index (χ2v) is 5.40. The highest BCUT2D eigenvalue weighted by atomic mass is 16.2. The molecule has 1 heterocycles. The molecule has 1 fully saturated rings. The van der Waals surface area contributed by atoms with Gasteiger partial charge in [-0.25, -0.2) is 0 Å². The van der Waals surface area contributed by atoms with E-state index in [9.17, 15) is 9.59 Å². The van der Waals surface area contributed by atoms with Gasteiger partial charge in [0.1, 0.15) is 0 Å². The summed E-state index contributed by atoms with van der Waals surface area (Å²) in [5.41, 5.74) is 4.72. The topological polar surface area (TPSA) is 73.5 Å². The zero-order valence-corrected chi connectivity index (χ0v) is 12.2. The highest BCUT2D eigenvalue weighted by Gasteiger charge is 2.20. The molecule has 1 atom stereocenters. The third-order valence-electron chi connectivity index (χ3n) is 3.32. The number of carbonyl (C=O) groups excluding carboxylic acids is 2. The number of piperidine rings is 1. The minimum absolute atomic E-state index is 0.181. The van der Waals surface area contributed by atoms with Crippen molar-refractivity contribution < 1.29 is 9.59 Å². The maximum Gasteiger partial charge on any atom is 0.252 e. The largest absolute Gasteiger partial charge is 0.313 e. The van der Waals surface area contributed by atoms with Gasteiger partial charge in [-0.05, 0) is 33.2 Å². The van der Waals surface area contributed by atoms with E-state index in [-0.39, 0.29) is 11.8 Å². The van der Waals surface area contributed by atoms with Crippen molar-refractivity contribution in [1.29, 1.82) is 0 Å². The predicted molar refractivity (Wildman–Crippen MR) is 74.3 cm³/mol. The molecule has 0 saturated carbocycles. The highest BCUT2D eigenvalue weighted by molar-refractivity contribution is 5.81. The summed E-state index contributed by atoms with van der Waals surface area (Å²) in [5, 5.41) is 3.48. The summed E-state index contributed by atoms with van der Waals surface area (Å²) in [6.07, 6.45) is 3.65. The molecular formula is C13H26N4O2. The van der Waals surface area contributed by atoms with Gasteiger partial charge >= 0.3 is 0 Å². The van der Waals surface area contributed by atoms with Crippen LogP contribution in [0.15, 0.2) is 0 Å². The smallest absolute Gasteiger partial charge is 0.252 e. The summed E-state index contributed by atoms with van der Waals surface area (Å²) in [7, 11) is 0. The van der Waals surface area contributed by atoms with E-state index < -0.39 is 0 Å². The van der Waals surface area contributed by atoms with E-state index in [0.717, 1.165) is 19.5 Å². The van der Waals surface area contributed by atoms with Crippen LogP contribution in [0.25, 0.3) is 0 Å². The lowest BCUT2D eigenvalue weighted by Gasteiger charge is -2.32. The molecule has 0 radical (unpaired) electrons. The van der Waals surface area contributed by atoms with Crippen molar-refractivity contribution in [3.05, 3.63) is 0 Å². The van der Waals surface area contributed by atoms with Gasteiger partial charge in [0.2, 0.25) is 5.91 Å². The van der Waals surface area contributed by atoms with E-state index in [1.54, 1.807) is 0 Å². The van der Waals surface area contributed by atoms with E-state index >= 15 is 0 Å². The molecule has 1 unspecified atom stereocenters. The second-order valence-electron chi connectivity index (χ2n) is 5.40. The SMILES string of the molecule is CC(=O)NNC(=O)CN(CC1CCCCN1)C(C)C. The average Bonchev–Trinajstić information content (AvgIpc) is 2.36. The quantitative estimate of drug-likeness (QED) is 0.615. The van der Waals surface area contributed by atoms with E-state index in [2.05, 4.69) is 34.9 Å². The second kappa shape index (κ2) is 8.12. The third-order valence-corrected chi connectivity index (χ3v) is 3.32. The van der Waals surface area contributed by atoms with Crippen LogP contribution >= 0.6 is 0 Å². The molecule has 0 aromatic carbocycles. The van der Waals surface area contributed by atoms with Crippen LogP contribution in [0.5, 0.6) is 0 Å². The standard InChI is InChI=1S/C13H26N4O2/c1-10(2)17(8-12-6-4-5-7-14-12)9-13(19)16-15-11(3)18/h10,12,14H,4-9H2,1-3H3,(H,15,18)(H,16,19).